The molecule has 4 nitrogen and oxygen atoms in total. The van der Waals surface area contributed by atoms with Gasteiger partial charge in [-0.2, -0.15) is 0 Å². The predicted molar refractivity (Wildman–Crippen MR) is 52.7 cm³/mol. The number of carbonyl (C=O) groups excluding carboxylic acids is 1. The number of rotatable bonds is 5. The van der Waals surface area contributed by atoms with E-state index in [1.54, 1.807) is 22.6 Å². The van der Waals surface area contributed by atoms with Crippen molar-refractivity contribution >= 4 is 28.5 Å². The van der Waals surface area contributed by atoms with Crippen LogP contribution in [0.4, 0.5) is 0 Å². The number of hydrogen-bond acceptors (Lipinski definition) is 3. The van der Waals surface area contributed by atoms with Gasteiger partial charge in [0.25, 0.3) is 5.91 Å². The van der Waals surface area contributed by atoms with Crippen LogP contribution in [0.25, 0.3) is 0 Å². The molecule has 0 spiro atoms. The molecule has 0 bridgehead atoms. The highest BCUT2D eigenvalue weighted by Gasteiger charge is 1.92. The van der Waals surface area contributed by atoms with E-state index in [-0.39, 0.29) is 12.5 Å². The summed E-state index contributed by atoms with van der Waals surface area (Å²) in [5.41, 5.74) is 0. The van der Waals surface area contributed by atoms with Crippen molar-refractivity contribution in [2.75, 3.05) is 26.4 Å². The fourth-order valence-electron chi connectivity index (χ4n) is 0.490. The number of halogens is 1. The SMILES string of the molecule is O=C(C#CI)NCCOCCO. The molecule has 0 aromatic carbocycles. The number of amides is 1. The maximum atomic E-state index is 10.7. The van der Waals surface area contributed by atoms with Crippen LogP contribution in [0.3, 0.4) is 0 Å². The lowest BCUT2D eigenvalue weighted by Gasteiger charge is -2.01. The fourth-order valence-corrected chi connectivity index (χ4v) is 0.735. The number of carbonyl (C=O) groups is 1. The second-order valence-electron chi connectivity index (χ2n) is 1.81. The molecule has 0 heterocycles. The third-order valence-electron chi connectivity index (χ3n) is 0.928. The van der Waals surface area contributed by atoms with Crippen LogP contribution in [0.2, 0.25) is 0 Å². The van der Waals surface area contributed by atoms with E-state index in [2.05, 4.69) is 15.2 Å². The molecule has 0 unspecified atom stereocenters. The van der Waals surface area contributed by atoms with Crippen LogP contribution in [-0.2, 0) is 9.53 Å². The van der Waals surface area contributed by atoms with Crippen molar-refractivity contribution in [2.24, 2.45) is 0 Å². The molecule has 5 heteroatoms. The van der Waals surface area contributed by atoms with Crippen LogP contribution >= 0.6 is 22.6 Å². The van der Waals surface area contributed by atoms with Gasteiger partial charge in [-0.15, -0.1) is 0 Å². The molecule has 0 fully saturated rings. The summed E-state index contributed by atoms with van der Waals surface area (Å²) in [6.07, 6.45) is 0. The first-order chi connectivity index (χ1) is 5.81. The lowest BCUT2D eigenvalue weighted by molar-refractivity contribution is -0.115. The minimum absolute atomic E-state index is 0.00149. The summed E-state index contributed by atoms with van der Waals surface area (Å²) in [4.78, 5) is 10.7. The molecular weight excluding hydrogens is 273 g/mol. The van der Waals surface area contributed by atoms with E-state index in [1.165, 1.54) is 0 Å². The molecule has 0 saturated carbocycles. The Bertz CT molecular complexity index is 185. The molecular formula is C7H10INO3. The standard InChI is InChI=1S/C7H10INO3/c8-2-1-7(11)9-3-5-12-6-4-10/h10H,3-6H2,(H,9,11). The Labute approximate surface area is 84.8 Å². The highest BCUT2D eigenvalue weighted by molar-refractivity contribution is 14.1. The molecule has 0 aromatic heterocycles. The van der Waals surface area contributed by atoms with Crippen molar-refractivity contribution in [1.29, 1.82) is 0 Å². The zero-order valence-electron chi connectivity index (χ0n) is 6.47. The fraction of sp³-hybridized carbons (Fsp3) is 0.571. The first-order valence-corrected chi connectivity index (χ1v) is 4.47. The van der Waals surface area contributed by atoms with Crippen molar-refractivity contribution in [1.82, 2.24) is 5.32 Å². The molecule has 68 valence electrons. The molecule has 0 rings (SSSR count). The largest absolute Gasteiger partial charge is 0.394 e. The van der Waals surface area contributed by atoms with Gasteiger partial charge in [0.2, 0.25) is 0 Å². The van der Waals surface area contributed by atoms with Crippen molar-refractivity contribution in [3.8, 4) is 9.85 Å². The average Bonchev–Trinajstić information content (AvgIpc) is 2.05. The zero-order valence-corrected chi connectivity index (χ0v) is 8.63. The van der Waals surface area contributed by atoms with Crippen molar-refractivity contribution in [3.63, 3.8) is 0 Å². The molecule has 0 saturated heterocycles. The Morgan fingerprint density at radius 3 is 2.92 bits per heavy atom. The molecule has 12 heavy (non-hydrogen) atoms. The maximum Gasteiger partial charge on any atom is 0.296 e. The molecule has 0 aliphatic carbocycles. The summed E-state index contributed by atoms with van der Waals surface area (Å²) in [6, 6.07) is 0. The van der Waals surface area contributed by atoms with Gasteiger partial charge in [0, 0.05) is 35.1 Å². The van der Waals surface area contributed by atoms with Gasteiger partial charge < -0.3 is 15.2 Å². The van der Waals surface area contributed by atoms with E-state index in [9.17, 15) is 4.79 Å². The quantitative estimate of drug-likeness (QED) is 0.406. The first-order valence-electron chi connectivity index (χ1n) is 3.39. The molecule has 0 aliphatic rings. The molecule has 0 aromatic rings. The molecule has 0 radical (unpaired) electrons. The highest BCUT2D eigenvalue weighted by atomic mass is 127. The summed E-state index contributed by atoms with van der Waals surface area (Å²) in [5, 5.41) is 10.8. The monoisotopic (exact) mass is 283 g/mol. The minimum Gasteiger partial charge on any atom is -0.394 e. The lowest BCUT2D eigenvalue weighted by atomic mass is 10.6. The molecule has 1 amide bonds. The van der Waals surface area contributed by atoms with Crippen molar-refractivity contribution < 1.29 is 14.6 Å². The van der Waals surface area contributed by atoms with Crippen molar-refractivity contribution in [3.05, 3.63) is 0 Å². The molecule has 0 aliphatic heterocycles. The lowest BCUT2D eigenvalue weighted by Crippen LogP contribution is -2.26. The number of nitrogens with one attached hydrogen (secondary N) is 1. The van der Waals surface area contributed by atoms with Gasteiger partial charge in [-0.3, -0.25) is 4.79 Å². The van der Waals surface area contributed by atoms with Crippen LogP contribution in [-0.4, -0.2) is 37.4 Å². The maximum absolute atomic E-state index is 10.7. The second-order valence-corrected chi connectivity index (χ2v) is 2.35. The summed E-state index contributed by atoms with van der Waals surface area (Å²) in [6.45, 7) is 1.12. The Kier molecular flexibility index (Phi) is 8.54. The van der Waals surface area contributed by atoms with E-state index < -0.39 is 0 Å². The topological polar surface area (TPSA) is 58.6 Å². The number of hydrogen-bond donors (Lipinski definition) is 2. The van der Waals surface area contributed by atoms with Gasteiger partial charge in [-0.1, -0.05) is 0 Å². The van der Waals surface area contributed by atoms with E-state index in [0.717, 1.165) is 0 Å². The van der Waals surface area contributed by atoms with Gasteiger partial charge >= 0.3 is 0 Å². The summed E-state index contributed by atoms with van der Waals surface area (Å²) < 4.78 is 7.34. The Morgan fingerprint density at radius 1 is 1.58 bits per heavy atom. The second kappa shape index (κ2) is 8.77. The summed E-state index contributed by atoms with van der Waals surface area (Å²) in [7, 11) is 0. The van der Waals surface area contributed by atoms with Gasteiger partial charge in [-0.05, 0) is 3.93 Å². The van der Waals surface area contributed by atoms with E-state index in [4.69, 9.17) is 9.84 Å². The number of aliphatic hydroxyl groups is 1. The minimum atomic E-state index is -0.308. The van der Waals surface area contributed by atoms with E-state index in [1.807, 2.05) is 0 Å². The third kappa shape index (κ3) is 7.78. The first kappa shape index (κ1) is 11.7. The van der Waals surface area contributed by atoms with Gasteiger partial charge in [0.15, 0.2) is 0 Å². The van der Waals surface area contributed by atoms with Crippen LogP contribution in [0.15, 0.2) is 0 Å². The average molecular weight is 283 g/mol. The summed E-state index contributed by atoms with van der Waals surface area (Å²) in [5.74, 6) is 2.01. The summed E-state index contributed by atoms with van der Waals surface area (Å²) >= 11 is 1.79. The van der Waals surface area contributed by atoms with E-state index >= 15 is 0 Å². The van der Waals surface area contributed by atoms with Gasteiger partial charge in [0.1, 0.15) is 0 Å². The zero-order chi connectivity index (χ0) is 9.23. The van der Waals surface area contributed by atoms with Crippen LogP contribution in [0, 0.1) is 9.85 Å². The Balaban J connectivity index is 3.18. The van der Waals surface area contributed by atoms with Crippen molar-refractivity contribution in [2.45, 2.75) is 0 Å². The Hall–Kier alpha value is -0.320. The third-order valence-corrected chi connectivity index (χ3v) is 1.20. The smallest absolute Gasteiger partial charge is 0.296 e. The van der Waals surface area contributed by atoms with Crippen LogP contribution in [0.1, 0.15) is 0 Å². The molecule has 0 atom stereocenters. The number of ether oxygens (including phenoxy) is 1. The van der Waals surface area contributed by atoms with E-state index in [0.29, 0.717) is 19.8 Å². The van der Waals surface area contributed by atoms with Gasteiger partial charge in [-0.25, -0.2) is 0 Å². The van der Waals surface area contributed by atoms with Crippen LogP contribution < -0.4 is 5.32 Å². The predicted octanol–water partition coefficient (Wildman–Crippen LogP) is -0.493. The highest BCUT2D eigenvalue weighted by Crippen LogP contribution is 1.73. The van der Waals surface area contributed by atoms with Gasteiger partial charge in [0.05, 0.1) is 19.8 Å². The van der Waals surface area contributed by atoms with Crippen LogP contribution in [0.5, 0.6) is 0 Å². The Morgan fingerprint density at radius 2 is 2.33 bits per heavy atom. The molecule has 2 N–H and O–H groups in total. The normalized spacial score (nSPS) is 8.50. The number of aliphatic hydroxyl groups excluding tert-OH is 1.